The molecule has 0 amide bonds. The van der Waals surface area contributed by atoms with Crippen molar-refractivity contribution >= 4 is 11.0 Å². The van der Waals surface area contributed by atoms with E-state index in [1.807, 2.05) is 0 Å². The van der Waals surface area contributed by atoms with Crippen LogP contribution in [0.2, 0.25) is 0 Å². The summed E-state index contributed by atoms with van der Waals surface area (Å²) in [5.41, 5.74) is 2.82. The predicted molar refractivity (Wildman–Crippen MR) is 105 cm³/mol. The summed E-state index contributed by atoms with van der Waals surface area (Å²) < 4.78 is 0. The molecule has 0 spiro atoms. The molecule has 134 valence electrons. The zero-order chi connectivity index (χ0) is 18.0. The largest absolute Gasteiger partial charge is 0.342 e. The molecule has 0 radical (unpaired) electrons. The van der Waals surface area contributed by atoms with E-state index in [1.165, 1.54) is 25.7 Å². The van der Waals surface area contributed by atoms with Crippen LogP contribution in [0.25, 0.3) is 11.0 Å². The number of aromatic amines is 1. The molecule has 0 atom stereocenters. The summed E-state index contributed by atoms with van der Waals surface area (Å²) in [7, 11) is 0. The molecule has 2 rings (SSSR count). The van der Waals surface area contributed by atoms with Gasteiger partial charge in [-0.05, 0) is 35.8 Å². The summed E-state index contributed by atoms with van der Waals surface area (Å²) in [6, 6.07) is 8.33. The van der Waals surface area contributed by atoms with Crippen molar-refractivity contribution in [3.05, 3.63) is 30.1 Å². The van der Waals surface area contributed by atoms with Gasteiger partial charge in [-0.3, -0.25) is 0 Å². The molecule has 1 aromatic heterocycles. The Labute approximate surface area is 148 Å². The Balaban J connectivity index is 2.19. The van der Waals surface area contributed by atoms with Crippen molar-refractivity contribution in [1.29, 1.82) is 0 Å². The van der Waals surface area contributed by atoms with Crippen molar-refractivity contribution in [1.82, 2.24) is 9.97 Å². The number of imidazole rings is 1. The smallest absolute Gasteiger partial charge is 0.112 e. The molecule has 0 saturated carbocycles. The zero-order valence-electron chi connectivity index (χ0n) is 16.8. The van der Waals surface area contributed by atoms with Gasteiger partial charge in [0.2, 0.25) is 0 Å². The average Bonchev–Trinajstić information content (AvgIpc) is 2.91. The van der Waals surface area contributed by atoms with Gasteiger partial charge in [0.15, 0.2) is 0 Å². The van der Waals surface area contributed by atoms with Crippen LogP contribution in [0.3, 0.4) is 0 Å². The van der Waals surface area contributed by atoms with E-state index >= 15 is 0 Å². The maximum atomic E-state index is 4.87. The highest BCUT2D eigenvalue weighted by Crippen LogP contribution is 2.49. The Hall–Kier alpha value is -1.31. The molecule has 2 aromatic rings. The minimum atomic E-state index is 0.0323. The fourth-order valence-corrected chi connectivity index (χ4v) is 3.86. The SMILES string of the molecule is CCCCCC(C)(C)C(C)(C)CC(C)(C)c1nc2ccccc2[nH]1. The van der Waals surface area contributed by atoms with Crippen LogP contribution in [0.1, 0.15) is 86.4 Å². The third-order valence-corrected chi connectivity index (χ3v) is 6.15. The van der Waals surface area contributed by atoms with E-state index < -0.39 is 0 Å². The topological polar surface area (TPSA) is 28.7 Å². The molecule has 0 aliphatic heterocycles. The van der Waals surface area contributed by atoms with Gasteiger partial charge in [-0.25, -0.2) is 4.98 Å². The number of unbranched alkanes of at least 4 members (excludes halogenated alkanes) is 2. The fourth-order valence-electron chi connectivity index (χ4n) is 3.86. The number of hydrogen-bond donors (Lipinski definition) is 1. The molecule has 24 heavy (non-hydrogen) atoms. The first kappa shape index (κ1) is 19.0. The molecule has 1 heterocycles. The van der Waals surface area contributed by atoms with Gasteiger partial charge in [-0.1, -0.05) is 79.9 Å². The van der Waals surface area contributed by atoms with Gasteiger partial charge in [0.25, 0.3) is 0 Å². The van der Waals surface area contributed by atoms with Crippen molar-refractivity contribution in [2.45, 2.75) is 86.0 Å². The highest BCUT2D eigenvalue weighted by molar-refractivity contribution is 5.74. The van der Waals surface area contributed by atoms with Gasteiger partial charge in [0.05, 0.1) is 11.0 Å². The Morgan fingerprint density at radius 1 is 0.917 bits per heavy atom. The number of aromatic nitrogens is 2. The minimum absolute atomic E-state index is 0.0323. The molecule has 0 aliphatic rings. The van der Waals surface area contributed by atoms with Crippen molar-refractivity contribution in [2.75, 3.05) is 0 Å². The van der Waals surface area contributed by atoms with Crippen LogP contribution in [-0.2, 0) is 5.41 Å². The first-order valence-corrected chi connectivity index (χ1v) is 9.54. The van der Waals surface area contributed by atoms with Crippen LogP contribution in [0.5, 0.6) is 0 Å². The highest BCUT2D eigenvalue weighted by Gasteiger charge is 2.41. The van der Waals surface area contributed by atoms with E-state index in [2.05, 4.69) is 77.7 Å². The van der Waals surface area contributed by atoms with Crippen molar-refractivity contribution in [2.24, 2.45) is 10.8 Å². The normalized spacial score (nSPS) is 13.6. The van der Waals surface area contributed by atoms with Gasteiger partial charge >= 0.3 is 0 Å². The Morgan fingerprint density at radius 2 is 1.58 bits per heavy atom. The molecular weight excluding hydrogens is 292 g/mol. The first-order valence-electron chi connectivity index (χ1n) is 9.54. The lowest BCUT2D eigenvalue weighted by Crippen LogP contribution is -2.38. The lowest BCUT2D eigenvalue weighted by atomic mass is 9.59. The number of para-hydroxylation sites is 2. The van der Waals surface area contributed by atoms with Crippen LogP contribution >= 0.6 is 0 Å². The molecular formula is C22H36N2. The number of benzene rings is 1. The number of fused-ring (bicyclic) bond motifs is 1. The van der Waals surface area contributed by atoms with E-state index in [0.717, 1.165) is 23.3 Å². The van der Waals surface area contributed by atoms with Crippen LogP contribution in [0.15, 0.2) is 24.3 Å². The molecule has 0 aliphatic carbocycles. The molecule has 1 N–H and O–H groups in total. The summed E-state index contributed by atoms with van der Waals surface area (Å²) in [6.07, 6.45) is 6.38. The van der Waals surface area contributed by atoms with Crippen LogP contribution in [0.4, 0.5) is 0 Å². The molecule has 2 heteroatoms. The minimum Gasteiger partial charge on any atom is -0.342 e. The highest BCUT2D eigenvalue weighted by atomic mass is 14.9. The Kier molecular flexibility index (Phi) is 5.47. The van der Waals surface area contributed by atoms with E-state index in [9.17, 15) is 0 Å². The molecule has 0 unspecified atom stereocenters. The molecule has 0 fully saturated rings. The second kappa shape index (κ2) is 6.90. The number of nitrogens with one attached hydrogen (secondary N) is 1. The van der Waals surface area contributed by atoms with Crippen LogP contribution in [0, 0.1) is 10.8 Å². The van der Waals surface area contributed by atoms with Gasteiger partial charge < -0.3 is 4.98 Å². The third kappa shape index (κ3) is 4.02. The summed E-state index contributed by atoms with van der Waals surface area (Å²) in [4.78, 5) is 8.42. The molecule has 2 nitrogen and oxygen atoms in total. The summed E-state index contributed by atoms with van der Waals surface area (Å²) in [5, 5.41) is 0. The lowest BCUT2D eigenvalue weighted by molar-refractivity contribution is 0.0610. The van der Waals surface area contributed by atoms with Gasteiger partial charge in [0, 0.05) is 5.41 Å². The fraction of sp³-hybridized carbons (Fsp3) is 0.682. The second-order valence-corrected chi connectivity index (χ2v) is 9.39. The Morgan fingerprint density at radius 3 is 2.21 bits per heavy atom. The zero-order valence-corrected chi connectivity index (χ0v) is 16.8. The monoisotopic (exact) mass is 328 g/mol. The van der Waals surface area contributed by atoms with Crippen LogP contribution in [-0.4, -0.2) is 9.97 Å². The molecule has 0 saturated heterocycles. The summed E-state index contributed by atoms with van der Waals surface area (Å²) in [6.45, 7) is 16.7. The van der Waals surface area contributed by atoms with Crippen LogP contribution < -0.4 is 0 Å². The lowest BCUT2D eigenvalue weighted by Gasteiger charge is -2.46. The Bertz CT molecular complexity index is 628. The maximum absolute atomic E-state index is 4.87. The number of nitrogens with zero attached hydrogens (tertiary/aromatic N) is 1. The standard InChI is InChI=1S/C22H36N2/c1-8-9-12-15-21(4,5)22(6,7)16-20(2,3)19-23-17-13-10-11-14-18(17)24-19/h10-11,13-14H,8-9,12,15-16H2,1-7H3,(H,23,24). The number of hydrogen-bond acceptors (Lipinski definition) is 1. The van der Waals surface area contributed by atoms with E-state index in [0.29, 0.717) is 5.41 Å². The summed E-state index contributed by atoms with van der Waals surface area (Å²) >= 11 is 0. The first-order chi connectivity index (χ1) is 11.1. The molecule has 1 aromatic carbocycles. The van der Waals surface area contributed by atoms with Gasteiger partial charge in [-0.2, -0.15) is 0 Å². The van der Waals surface area contributed by atoms with Crippen molar-refractivity contribution in [3.8, 4) is 0 Å². The second-order valence-electron chi connectivity index (χ2n) is 9.39. The number of rotatable bonds is 8. The quantitative estimate of drug-likeness (QED) is 0.527. The predicted octanol–water partition coefficient (Wildman–Crippen LogP) is 6.86. The van der Waals surface area contributed by atoms with Gasteiger partial charge in [-0.15, -0.1) is 0 Å². The third-order valence-electron chi connectivity index (χ3n) is 6.15. The van der Waals surface area contributed by atoms with E-state index in [4.69, 9.17) is 4.98 Å². The number of H-pyrrole nitrogens is 1. The molecule has 0 bridgehead atoms. The maximum Gasteiger partial charge on any atom is 0.112 e. The summed E-state index contributed by atoms with van der Waals surface area (Å²) in [5.74, 6) is 1.11. The average molecular weight is 329 g/mol. The van der Waals surface area contributed by atoms with E-state index in [-0.39, 0.29) is 10.8 Å². The van der Waals surface area contributed by atoms with Crippen molar-refractivity contribution in [3.63, 3.8) is 0 Å². The van der Waals surface area contributed by atoms with Crippen molar-refractivity contribution < 1.29 is 0 Å². The van der Waals surface area contributed by atoms with Gasteiger partial charge in [0.1, 0.15) is 5.82 Å². The van der Waals surface area contributed by atoms with E-state index in [1.54, 1.807) is 0 Å².